The van der Waals surface area contributed by atoms with Gasteiger partial charge in [-0.25, -0.2) is 15.0 Å². The van der Waals surface area contributed by atoms with E-state index < -0.39 is 0 Å². The van der Waals surface area contributed by atoms with Crippen LogP contribution in [0.4, 0.5) is 17.3 Å². The summed E-state index contributed by atoms with van der Waals surface area (Å²) in [7, 11) is 1.61. The molecule has 0 amide bonds. The first-order chi connectivity index (χ1) is 13.2. The zero-order valence-electron chi connectivity index (χ0n) is 15.5. The number of ether oxygens (including phenoxy) is 2. The Morgan fingerprint density at radius 3 is 2.52 bits per heavy atom. The predicted molar refractivity (Wildman–Crippen MR) is 122 cm³/mol. The molecule has 0 aliphatic carbocycles. The van der Waals surface area contributed by atoms with Crippen LogP contribution in [0, 0.1) is 0 Å². The molecule has 1 aliphatic rings. The van der Waals surface area contributed by atoms with Crippen molar-refractivity contribution in [3.8, 4) is 16.5 Å². The van der Waals surface area contributed by atoms with Crippen molar-refractivity contribution in [3.63, 3.8) is 0 Å². The Morgan fingerprint density at radius 2 is 1.90 bits per heavy atom. The molecular weight excluding hydrogens is 457 g/mol. The Balaban J connectivity index is 0.00000150. The van der Waals surface area contributed by atoms with Crippen LogP contribution in [0.2, 0.25) is 4.34 Å². The van der Waals surface area contributed by atoms with E-state index in [1.54, 1.807) is 13.3 Å². The summed E-state index contributed by atoms with van der Waals surface area (Å²) in [5.41, 5.74) is 1.80. The monoisotopic (exact) mass is 475 g/mol. The maximum Gasteiger partial charge on any atom is 0.175 e. The fourth-order valence-corrected chi connectivity index (χ4v) is 3.66. The summed E-state index contributed by atoms with van der Waals surface area (Å²) in [6.45, 7) is 3.24. The molecule has 1 N–H and O–H groups in total. The highest BCUT2D eigenvalue weighted by Gasteiger charge is 2.13. The van der Waals surface area contributed by atoms with Gasteiger partial charge in [-0.3, -0.25) is 0 Å². The number of thiazole rings is 1. The lowest BCUT2D eigenvalue weighted by Crippen LogP contribution is -2.36. The molecule has 1 fully saturated rings. The smallest absolute Gasteiger partial charge is 0.175 e. The van der Waals surface area contributed by atoms with Gasteiger partial charge < -0.3 is 19.7 Å². The lowest BCUT2D eigenvalue weighted by Gasteiger charge is -2.28. The van der Waals surface area contributed by atoms with E-state index >= 15 is 0 Å². The van der Waals surface area contributed by atoms with Gasteiger partial charge in [-0.1, -0.05) is 11.6 Å². The number of anilines is 3. The molecule has 0 saturated carbocycles. The molecule has 0 spiro atoms. The third kappa shape index (κ3) is 5.61. The second-order valence-electron chi connectivity index (χ2n) is 5.84. The molecule has 1 aliphatic heterocycles. The van der Waals surface area contributed by atoms with E-state index in [1.807, 2.05) is 30.5 Å². The van der Waals surface area contributed by atoms with E-state index in [-0.39, 0.29) is 24.8 Å². The molecule has 0 atom stereocenters. The highest BCUT2D eigenvalue weighted by molar-refractivity contribution is 7.18. The molecule has 11 heteroatoms. The first-order valence-electron chi connectivity index (χ1n) is 8.45. The second kappa shape index (κ2) is 10.8. The molecule has 0 unspecified atom stereocenters. The summed E-state index contributed by atoms with van der Waals surface area (Å²) in [6, 6.07) is 7.67. The van der Waals surface area contributed by atoms with E-state index in [4.69, 9.17) is 21.1 Å². The van der Waals surface area contributed by atoms with Crippen LogP contribution < -0.4 is 15.0 Å². The minimum Gasteiger partial charge on any atom is -0.493 e. The van der Waals surface area contributed by atoms with Gasteiger partial charge >= 0.3 is 0 Å². The van der Waals surface area contributed by atoms with Gasteiger partial charge in [0, 0.05) is 13.1 Å². The highest BCUT2D eigenvalue weighted by atomic mass is 35.5. The van der Waals surface area contributed by atoms with E-state index in [0.29, 0.717) is 21.7 Å². The lowest BCUT2D eigenvalue weighted by molar-refractivity contribution is 0.122. The highest BCUT2D eigenvalue weighted by Crippen LogP contribution is 2.32. The Morgan fingerprint density at radius 1 is 1.10 bits per heavy atom. The Kier molecular flexibility index (Phi) is 8.73. The normalized spacial score (nSPS) is 13.2. The van der Waals surface area contributed by atoms with Crippen molar-refractivity contribution in [2.24, 2.45) is 0 Å². The van der Waals surface area contributed by atoms with Crippen LogP contribution in [-0.4, -0.2) is 48.4 Å². The topological polar surface area (TPSA) is 72.4 Å². The second-order valence-corrected chi connectivity index (χ2v) is 7.50. The minimum absolute atomic E-state index is 0. The average molecular weight is 477 g/mol. The first-order valence-corrected chi connectivity index (χ1v) is 9.65. The molecule has 156 valence electrons. The maximum atomic E-state index is 5.98. The third-order valence-corrected chi connectivity index (χ3v) is 5.28. The molecule has 3 aromatic rings. The summed E-state index contributed by atoms with van der Waals surface area (Å²) in [5, 5.41) is 3.98. The number of nitrogens with one attached hydrogen (secondary N) is 1. The summed E-state index contributed by atoms with van der Waals surface area (Å²) in [6.07, 6.45) is 3.47. The Hall–Kier alpha value is -1.84. The van der Waals surface area contributed by atoms with Crippen molar-refractivity contribution in [2.75, 3.05) is 43.6 Å². The van der Waals surface area contributed by atoms with Gasteiger partial charge in [-0.15, -0.1) is 36.2 Å². The van der Waals surface area contributed by atoms with Crippen LogP contribution in [0.25, 0.3) is 10.7 Å². The van der Waals surface area contributed by atoms with Crippen LogP contribution >= 0.6 is 47.8 Å². The summed E-state index contributed by atoms with van der Waals surface area (Å²) in [5.74, 6) is 1.89. The predicted octanol–water partition coefficient (Wildman–Crippen LogP) is 4.69. The van der Waals surface area contributed by atoms with Gasteiger partial charge in [0.1, 0.15) is 20.9 Å². The standard InChI is InChI=1S/C18H18ClN5O2S.2ClH/c1-25-14-4-3-13(18-21-11-15(19)27-18)22-17(14)23-16-5-2-12(10-20-16)24-6-8-26-9-7-24;;/h2-5,10-11H,6-9H2,1H3,(H,20,22,23);2*1H. The van der Waals surface area contributed by atoms with Crippen molar-refractivity contribution in [3.05, 3.63) is 41.0 Å². The van der Waals surface area contributed by atoms with Gasteiger partial charge in [-0.05, 0) is 24.3 Å². The lowest BCUT2D eigenvalue weighted by atomic mass is 10.3. The van der Waals surface area contributed by atoms with Gasteiger partial charge in [0.25, 0.3) is 0 Å². The molecular formula is C18H20Cl3N5O2S. The van der Waals surface area contributed by atoms with Crippen LogP contribution in [0.1, 0.15) is 0 Å². The number of hydrogen-bond acceptors (Lipinski definition) is 8. The number of nitrogens with zero attached hydrogens (tertiary/aromatic N) is 4. The maximum absolute atomic E-state index is 5.98. The molecule has 1 saturated heterocycles. The van der Waals surface area contributed by atoms with Gasteiger partial charge in [0.15, 0.2) is 11.6 Å². The number of aromatic nitrogens is 3. The first kappa shape index (κ1) is 23.4. The van der Waals surface area contributed by atoms with Crippen LogP contribution in [0.3, 0.4) is 0 Å². The molecule has 0 aromatic carbocycles. The molecule has 4 heterocycles. The summed E-state index contributed by atoms with van der Waals surface area (Å²) >= 11 is 7.36. The van der Waals surface area contributed by atoms with Gasteiger partial charge in [-0.2, -0.15) is 0 Å². The molecule has 3 aromatic heterocycles. The number of methoxy groups -OCH3 is 1. The number of halogens is 3. The number of pyridine rings is 2. The average Bonchev–Trinajstić information content (AvgIpc) is 3.15. The van der Waals surface area contributed by atoms with Gasteiger partial charge in [0.2, 0.25) is 0 Å². The van der Waals surface area contributed by atoms with Crippen molar-refractivity contribution in [1.29, 1.82) is 0 Å². The molecule has 7 nitrogen and oxygen atoms in total. The van der Waals surface area contributed by atoms with Crippen molar-refractivity contribution >= 4 is 65.1 Å². The molecule has 29 heavy (non-hydrogen) atoms. The van der Waals surface area contributed by atoms with Crippen LogP contribution in [0.5, 0.6) is 5.75 Å². The van der Waals surface area contributed by atoms with E-state index in [9.17, 15) is 0 Å². The summed E-state index contributed by atoms with van der Waals surface area (Å²) in [4.78, 5) is 15.7. The Labute approximate surface area is 190 Å². The van der Waals surface area contributed by atoms with Crippen molar-refractivity contribution in [1.82, 2.24) is 15.0 Å². The van der Waals surface area contributed by atoms with Crippen molar-refractivity contribution < 1.29 is 9.47 Å². The zero-order chi connectivity index (χ0) is 18.6. The number of rotatable bonds is 5. The van der Waals surface area contributed by atoms with E-state index in [1.165, 1.54) is 11.3 Å². The summed E-state index contributed by atoms with van der Waals surface area (Å²) < 4.78 is 11.4. The fourth-order valence-electron chi connectivity index (χ4n) is 2.78. The largest absolute Gasteiger partial charge is 0.493 e. The molecule has 0 radical (unpaired) electrons. The number of morpholine rings is 1. The quantitative estimate of drug-likeness (QED) is 0.573. The van der Waals surface area contributed by atoms with Crippen LogP contribution in [-0.2, 0) is 4.74 Å². The SMILES string of the molecule is COc1ccc(-c2ncc(Cl)s2)nc1Nc1ccc(N2CCOCC2)cn1.Cl.Cl. The van der Waals surface area contributed by atoms with E-state index in [0.717, 1.165) is 42.7 Å². The minimum atomic E-state index is 0. The Bertz CT molecular complexity index is 920. The zero-order valence-corrected chi connectivity index (χ0v) is 18.7. The van der Waals surface area contributed by atoms with Crippen LogP contribution in [0.15, 0.2) is 36.7 Å². The number of hydrogen-bond donors (Lipinski definition) is 1. The third-order valence-electron chi connectivity index (χ3n) is 4.15. The fraction of sp³-hybridized carbons (Fsp3) is 0.278. The van der Waals surface area contributed by atoms with E-state index in [2.05, 4.69) is 25.2 Å². The molecule has 4 rings (SSSR count). The van der Waals surface area contributed by atoms with Crippen molar-refractivity contribution in [2.45, 2.75) is 0 Å². The molecule has 0 bridgehead atoms. The van der Waals surface area contributed by atoms with Gasteiger partial charge in [0.05, 0.1) is 38.4 Å².